The molecule has 1 aromatic carbocycles. The van der Waals surface area contributed by atoms with E-state index in [0.29, 0.717) is 6.54 Å². The molecular weight excluding hydrogens is 274 g/mol. The van der Waals surface area contributed by atoms with E-state index in [1.54, 1.807) is 0 Å². The van der Waals surface area contributed by atoms with E-state index in [2.05, 4.69) is 20.9 Å². The van der Waals surface area contributed by atoms with Crippen LogP contribution in [0.5, 0.6) is 0 Å². The van der Waals surface area contributed by atoms with Gasteiger partial charge in [-0.05, 0) is 17.7 Å². The number of pyridine rings is 1. The fourth-order valence-corrected chi connectivity index (χ4v) is 2.88. The van der Waals surface area contributed by atoms with Crippen molar-refractivity contribution in [2.75, 3.05) is 32.7 Å². The molecule has 1 aliphatic heterocycles. The first-order valence-corrected chi connectivity index (χ1v) is 7.89. The molecule has 1 atom stereocenters. The molecule has 0 unspecified atom stereocenters. The molecular formula is C18H23N3O. The Morgan fingerprint density at radius 3 is 2.27 bits per heavy atom. The second kappa shape index (κ2) is 7.49. The van der Waals surface area contributed by atoms with Gasteiger partial charge < -0.3 is 5.11 Å². The number of hydrogen-bond acceptors (Lipinski definition) is 4. The fraction of sp³-hybridized carbons (Fsp3) is 0.389. The van der Waals surface area contributed by atoms with Crippen LogP contribution in [0.3, 0.4) is 0 Å². The maximum absolute atomic E-state index is 10.3. The van der Waals surface area contributed by atoms with E-state index in [0.717, 1.165) is 44.0 Å². The lowest BCUT2D eigenvalue weighted by Gasteiger charge is -2.35. The Bertz CT molecular complexity index is 553. The molecule has 0 amide bonds. The first-order chi connectivity index (χ1) is 10.8. The lowest BCUT2D eigenvalue weighted by molar-refractivity contribution is 0.0697. The summed E-state index contributed by atoms with van der Waals surface area (Å²) in [7, 11) is 0. The van der Waals surface area contributed by atoms with Crippen LogP contribution in [-0.4, -0.2) is 52.6 Å². The molecule has 4 heteroatoms. The number of hydrogen-bond donors (Lipinski definition) is 1. The summed E-state index contributed by atoms with van der Waals surface area (Å²) >= 11 is 0. The molecule has 0 bridgehead atoms. The highest BCUT2D eigenvalue weighted by atomic mass is 16.3. The summed E-state index contributed by atoms with van der Waals surface area (Å²) in [6, 6.07) is 16.0. The van der Waals surface area contributed by atoms with Gasteiger partial charge in [-0.1, -0.05) is 36.4 Å². The van der Waals surface area contributed by atoms with Crippen molar-refractivity contribution >= 4 is 0 Å². The molecule has 0 saturated carbocycles. The number of benzene rings is 1. The van der Waals surface area contributed by atoms with Crippen molar-refractivity contribution in [1.29, 1.82) is 0 Å². The maximum Gasteiger partial charge on any atom is 0.0916 e. The summed E-state index contributed by atoms with van der Waals surface area (Å²) in [4.78, 5) is 9.15. The van der Waals surface area contributed by atoms with E-state index in [-0.39, 0.29) is 0 Å². The zero-order chi connectivity index (χ0) is 15.2. The van der Waals surface area contributed by atoms with Crippen LogP contribution in [0.4, 0.5) is 0 Å². The molecule has 1 N–H and O–H groups in total. The lowest BCUT2D eigenvalue weighted by atomic mass is 10.1. The smallest absolute Gasteiger partial charge is 0.0916 e. The summed E-state index contributed by atoms with van der Waals surface area (Å²) in [6.07, 6.45) is 1.45. The Morgan fingerprint density at radius 1 is 0.909 bits per heavy atom. The van der Waals surface area contributed by atoms with Crippen molar-refractivity contribution < 1.29 is 5.11 Å². The highest BCUT2D eigenvalue weighted by molar-refractivity contribution is 5.17. The molecule has 2 aromatic rings. The molecule has 22 heavy (non-hydrogen) atoms. The minimum Gasteiger partial charge on any atom is -0.387 e. The van der Waals surface area contributed by atoms with Gasteiger partial charge in [0.05, 0.1) is 11.8 Å². The highest BCUT2D eigenvalue weighted by Gasteiger charge is 2.20. The topological polar surface area (TPSA) is 39.6 Å². The highest BCUT2D eigenvalue weighted by Crippen LogP contribution is 2.15. The minimum atomic E-state index is -0.399. The Balaban J connectivity index is 1.46. The van der Waals surface area contributed by atoms with Crippen molar-refractivity contribution in [3.05, 3.63) is 66.0 Å². The summed E-state index contributed by atoms with van der Waals surface area (Å²) < 4.78 is 0. The monoisotopic (exact) mass is 297 g/mol. The van der Waals surface area contributed by atoms with Gasteiger partial charge in [0.2, 0.25) is 0 Å². The third-order valence-electron chi connectivity index (χ3n) is 4.19. The molecule has 116 valence electrons. The zero-order valence-corrected chi connectivity index (χ0v) is 12.8. The number of piperazine rings is 1. The molecule has 2 heterocycles. The Hall–Kier alpha value is -1.75. The Kier molecular flexibility index (Phi) is 5.16. The molecule has 0 radical (unpaired) electrons. The van der Waals surface area contributed by atoms with Crippen molar-refractivity contribution in [3.8, 4) is 0 Å². The quantitative estimate of drug-likeness (QED) is 0.915. The largest absolute Gasteiger partial charge is 0.387 e. The predicted molar refractivity (Wildman–Crippen MR) is 87.4 cm³/mol. The van der Waals surface area contributed by atoms with Crippen LogP contribution >= 0.6 is 0 Å². The van der Waals surface area contributed by atoms with Gasteiger partial charge in [0.1, 0.15) is 0 Å². The number of β-amino-alcohol motifs (C(OH)–C–C–N with tert-alkyl or cyclic N) is 1. The third-order valence-corrected chi connectivity index (χ3v) is 4.19. The van der Waals surface area contributed by atoms with Crippen LogP contribution in [0.1, 0.15) is 17.4 Å². The van der Waals surface area contributed by atoms with E-state index >= 15 is 0 Å². The van der Waals surface area contributed by atoms with Crippen LogP contribution in [-0.2, 0) is 6.54 Å². The van der Waals surface area contributed by atoms with Gasteiger partial charge in [0.25, 0.3) is 0 Å². The summed E-state index contributed by atoms with van der Waals surface area (Å²) in [5.74, 6) is 0. The van der Waals surface area contributed by atoms with E-state index in [1.807, 2.05) is 48.7 Å². The zero-order valence-electron chi connectivity index (χ0n) is 12.8. The van der Waals surface area contributed by atoms with Crippen molar-refractivity contribution in [1.82, 2.24) is 14.8 Å². The second-order valence-corrected chi connectivity index (χ2v) is 5.82. The van der Waals surface area contributed by atoms with E-state index in [4.69, 9.17) is 0 Å². The summed E-state index contributed by atoms with van der Waals surface area (Å²) in [5, 5.41) is 10.3. The summed E-state index contributed by atoms with van der Waals surface area (Å²) in [5.41, 5.74) is 2.12. The van der Waals surface area contributed by atoms with Gasteiger partial charge in [-0.15, -0.1) is 0 Å². The van der Waals surface area contributed by atoms with Crippen molar-refractivity contribution in [2.45, 2.75) is 12.6 Å². The van der Waals surface area contributed by atoms with Gasteiger partial charge in [-0.3, -0.25) is 14.8 Å². The number of aliphatic hydroxyl groups is 1. The van der Waals surface area contributed by atoms with Crippen LogP contribution in [0.15, 0.2) is 54.7 Å². The average Bonchev–Trinajstić information content (AvgIpc) is 2.58. The van der Waals surface area contributed by atoms with Gasteiger partial charge in [0, 0.05) is 45.5 Å². The third kappa shape index (κ3) is 4.13. The molecule has 1 fully saturated rings. The molecule has 1 aromatic heterocycles. The van der Waals surface area contributed by atoms with E-state index in [1.165, 1.54) is 0 Å². The Labute approximate surface area is 132 Å². The molecule has 4 nitrogen and oxygen atoms in total. The minimum absolute atomic E-state index is 0.399. The molecule has 0 spiro atoms. The lowest BCUT2D eigenvalue weighted by Crippen LogP contribution is -2.47. The van der Waals surface area contributed by atoms with Crippen molar-refractivity contribution in [3.63, 3.8) is 0 Å². The first kappa shape index (κ1) is 15.2. The van der Waals surface area contributed by atoms with E-state index in [9.17, 15) is 5.11 Å². The van der Waals surface area contributed by atoms with Crippen molar-refractivity contribution in [2.24, 2.45) is 0 Å². The predicted octanol–water partition coefficient (Wildman–Crippen LogP) is 1.93. The number of rotatable bonds is 5. The SMILES string of the molecule is O[C@H](CN1CCN(Cc2ccccn2)CC1)c1ccccc1. The molecule has 1 saturated heterocycles. The van der Waals surface area contributed by atoms with Gasteiger partial charge in [-0.25, -0.2) is 0 Å². The van der Waals surface area contributed by atoms with Gasteiger partial charge in [0.15, 0.2) is 0 Å². The van der Waals surface area contributed by atoms with Gasteiger partial charge in [-0.2, -0.15) is 0 Å². The number of aromatic nitrogens is 1. The standard InChI is InChI=1S/C18H23N3O/c22-18(16-6-2-1-3-7-16)15-21-12-10-20(11-13-21)14-17-8-4-5-9-19-17/h1-9,18,22H,10-15H2/t18-/m1/s1. The second-order valence-electron chi connectivity index (χ2n) is 5.82. The van der Waals surface area contributed by atoms with Crippen LogP contribution in [0.2, 0.25) is 0 Å². The number of nitrogens with zero attached hydrogens (tertiary/aromatic N) is 3. The molecule has 3 rings (SSSR count). The fourth-order valence-electron chi connectivity index (χ4n) is 2.88. The summed E-state index contributed by atoms with van der Waals surface area (Å²) in [6.45, 7) is 5.67. The average molecular weight is 297 g/mol. The number of aliphatic hydroxyl groups excluding tert-OH is 1. The van der Waals surface area contributed by atoms with Crippen LogP contribution in [0.25, 0.3) is 0 Å². The van der Waals surface area contributed by atoms with Gasteiger partial charge >= 0.3 is 0 Å². The maximum atomic E-state index is 10.3. The molecule has 1 aliphatic rings. The first-order valence-electron chi connectivity index (χ1n) is 7.89. The Morgan fingerprint density at radius 2 is 1.59 bits per heavy atom. The van der Waals surface area contributed by atoms with E-state index < -0.39 is 6.10 Å². The normalized spacial score (nSPS) is 18.2. The van der Waals surface area contributed by atoms with Crippen LogP contribution in [0, 0.1) is 0 Å². The molecule has 0 aliphatic carbocycles. The van der Waals surface area contributed by atoms with Crippen LogP contribution < -0.4 is 0 Å².